The Labute approximate surface area is 195 Å². The maximum atomic E-state index is 11.0. The summed E-state index contributed by atoms with van der Waals surface area (Å²) in [7, 11) is 0. The van der Waals surface area contributed by atoms with Gasteiger partial charge in [-0.25, -0.2) is 0 Å². The third-order valence-corrected chi connectivity index (χ3v) is 8.89. The van der Waals surface area contributed by atoms with E-state index in [0.29, 0.717) is 23.3 Å². The van der Waals surface area contributed by atoms with Gasteiger partial charge in [-0.05, 0) is 110 Å². The molecule has 2 aromatic carbocycles. The van der Waals surface area contributed by atoms with Crippen LogP contribution in [0, 0.1) is 27.7 Å². The van der Waals surface area contributed by atoms with Crippen LogP contribution in [-0.2, 0) is 0 Å². The Balaban J connectivity index is 1.79. The Kier molecular flexibility index (Phi) is 6.89. The molecule has 0 amide bonds. The van der Waals surface area contributed by atoms with Gasteiger partial charge in [0.2, 0.25) is 0 Å². The number of benzene rings is 2. The minimum absolute atomic E-state index is 0.235. The Morgan fingerprint density at radius 2 is 0.938 bits per heavy atom. The summed E-state index contributed by atoms with van der Waals surface area (Å²) >= 11 is 0. The summed E-state index contributed by atoms with van der Waals surface area (Å²) in [6.07, 6.45) is 12.5. The van der Waals surface area contributed by atoms with Crippen LogP contribution in [0.15, 0.2) is 12.1 Å². The summed E-state index contributed by atoms with van der Waals surface area (Å²) in [4.78, 5) is 0. The largest absolute Gasteiger partial charge is 0.507 e. The van der Waals surface area contributed by atoms with Crippen molar-refractivity contribution in [3.63, 3.8) is 0 Å². The highest BCUT2D eigenvalue weighted by molar-refractivity contribution is 5.57. The molecule has 0 unspecified atom stereocenters. The zero-order valence-electron chi connectivity index (χ0n) is 20.9. The molecule has 0 saturated heterocycles. The van der Waals surface area contributed by atoms with Crippen LogP contribution >= 0.6 is 0 Å². The lowest BCUT2D eigenvalue weighted by Gasteiger charge is -2.29. The standard InChI is InChI=1S/C30H42O2/c1-18-20(3)29(31)27(23-12-8-6-9-13-23)16-25(18)22(5)26-17-28(24-14-10-7-11-15-24)30(32)21(4)19(26)2/h16-17,22-24,31-32H,6-15H2,1-5H3. The summed E-state index contributed by atoms with van der Waals surface area (Å²) in [5.41, 5.74) is 9.49. The van der Waals surface area contributed by atoms with Gasteiger partial charge in [-0.15, -0.1) is 0 Å². The SMILES string of the molecule is Cc1c(C(C)c2cc(C3CCCCC3)c(O)c(C)c2C)cc(C2CCCCC2)c(O)c1C. The zero-order valence-corrected chi connectivity index (χ0v) is 20.9. The van der Waals surface area contributed by atoms with E-state index in [-0.39, 0.29) is 5.92 Å². The average molecular weight is 435 g/mol. The van der Waals surface area contributed by atoms with Gasteiger partial charge in [0.15, 0.2) is 0 Å². The molecule has 2 aliphatic rings. The molecule has 0 aromatic heterocycles. The van der Waals surface area contributed by atoms with E-state index in [4.69, 9.17) is 0 Å². The molecule has 2 aliphatic carbocycles. The zero-order chi connectivity index (χ0) is 23.0. The normalized spacial score (nSPS) is 18.4. The number of hydrogen-bond acceptors (Lipinski definition) is 2. The smallest absolute Gasteiger partial charge is 0.122 e. The van der Waals surface area contributed by atoms with Crippen molar-refractivity contribution >= 4 is 0 Å². The Bertz CT molecular complexity index is 896. The summed E-state index contributed by atoms with van der Waals surface area (Å²) in [6, 6.07) is 4.64. The van der Waals surface area contributed by atoms with Gasteiger partial charge in [-0.3, -0.25) is 0 Å². The van der Waals surface area contributed by atoms with E-state index in [1.807, 2.05) is 0 Å². The second-order valence-electron chi connectivity index (χ2n) is 10.7. The molecule has 0 heterocycles. The molecule has 32 heavy (non-hydrogen) atoms. The Hall–Kier alpha value is -1.96. The van der Waals surface area contributed by atoms with E-state index in [1.54, 1.807) is 0 Å². The van der Waals surface area contributed by atoms with Crippen LogP contribution in [-0.4, -0.2) is 10.2 Å². The van der Waals surface area contributed by atoms with Crippen molar-refractivity contribution in [2.24, 2.45) is 0 Å². The highest BCUT2D eigenvalue weighted by atomic mass is 16.3. The summed E-state index contributed by atoms with van der Waals surface area (Å²) in [5, 5.41) is 22.0. The molecule has 4 rings (SSSR count). The van der Waals surface area contributed by atoms with Crippen LogP contribution in [0.5, 0.6) is 11.5 Å². The van der Waals surface area contributed by atoms with Gasteiger partial charge in [0, 0.05) is 5.92 Å². The summed E-state index contributed by atoms with van der Waals surface area (Å²) in [6.45, 7) is 10.8. The first-order chi connectivity index (χ1) is 15.3. The molecular weight excluding hydrogens is 392 g/mol. The summed E-state index contributed by atoms with van der Waals surface area (Å²) in [5.74, 6) is 2.24. The number of rotatable bonds is 4. The molecule has 2 N–H and O–H groups in total. The van der Waals surface area contributed by atoms with Crippen molar-refractivity contribution in [3.8, 4) is 11.5 Å². The maximum Gasteiger partial charge on any atom is 0.122 e. The number of hydrogen-bond donors (Lipinski definition) is 2. The van der Waals surface area contributed by atoms with E-state index in [1.165, 1.54) is 86.5 Å². The van der Waals surface area contributed by atoms with Gasteiger partial charge in [0.25, 0.3) is 0 Å². The lowest BCUT2D eigenvalue weighted by Crippen LogP contribution is -2.11. The van der Waals surface area contributed by atoms with Crippen LogP contribution in [0.25, 0.3) is 0 Å². The predicted molar refractivity (Wildman–Crippen MR) is 134 cm³/mol. The van der Waals surface area contributed by atoms with Crippen LogP contribution in [0.2, 0.25) is 0 Å². The van der Waals surface area contributed by atoms with Crippen LogP contribution in [0.3, 0.4) is 0 Å². The van der Waals surface area contributed by atoms with Crippen LogP contribution in [0.1, 0.15) is 133 Å². The van der Waals surface area contributed by atoms with Crippen molar-refractivity contribution in [2.45, 2.75) is 117 Å². The molecule has 2 saturated carbocycles. The van der Waals surface area contributed by atoms with Crippen molar-refractivity contribution < 1.29 is 10.2 Å². The van der Waals surface area contributed by atoms with Gasteiger partial charge in [-0.1, -0.05) is 57.6 Å². The van der Waals surface area contributed by atoms with Gasteiger partial charge < -0.3 is 10.2 Å². The quantitative estimate of drug-likeness (QED) is 0.506. The first-order valence-corrected chi connectivity index (χ1v) is 13.0. The molecule has 0 spiro atoms. The van der Waals surface area contributed by atoms with Crippen molar-refractivity contribution in [1.29, 1.82) is 0 Å². The van der Waals surface area contributed by atoms with E-state index >= 15 is 0 Å². The highest BCUT2D eigenvalue weighted by Gasteiger charge is 2.27. The Morgan fingerprint density at radius 1 is 0.594 bits per heavy atom. The third kappa shape index (κ3) is 4.18. The summed E-state index contributed by atoms with van der Waals surface area (Å²) < 4.78 is 0. The number of aromatic hydroxyl groups is 2. The third-order valence-electron chi connectivity index (χ3n) is 8.89. The second-order valence-corrected chi connectivity index (χ2v) is 10.7. The lowest BCUT2D eigenvalue weighted by molar-refractivity contribution is 0.411. The lowest BCUT2D eigenvalue weighted by atomic mass is 9.76. The molecule has 2 heteroatoms. The molecule has 174 valence electrons. The van der Waals surface area contributed by atoms with Gasteiger partial charge in [0.1, 0.15) is 11.5 Å². The van der Waals surface area contributed by atoms with E-state index < -0.39 is 0 Å². The monoisotopic (exact) mass is 434 g/mol. The molecular formula is C30H42O2. The fraction of sp³-hybridized carbons (Fsp3) is 0.600. The van der Waals surface area contributed by atoms with E-state index in [2.05, 4.69) is 46.8 Å². The molecule has 2 nitrogen and oxygen atoms in total. The first-order valence-electron chi connectivity index (χ1n) is 13.0. The highest BCUT2D eigenvalue weighted by Crippen LogP contribution is 2.45. The minimum Gasteiger partial charge on any atom is -0.507 e. The molecule has 0 aliphatic heterocycles. The van der Waals surface area contributed by atoms with Crippen molar-refractivity contribution in [1.82, 2.24) is 0 Å². The number of phenols is 2. The first kappa shape index (κ1) is 23.2. The van der Waals surface area contributed by atoms with Gasteiger partial charge in [0.05, 0.1) is 0 Å². The van der Waals surface area contributed by atoms with Crippen molar-refractivity contribution in [2.75, 3.05) is 0 Å². The average Bonchev–Trinajstić information content (AvgIpc) is 2.82. The van der Waals surface area contributed by atoms with Crippen LogP contribution in [0.4, 0.5) is 0 Å². The molecule has 2 aromatic rings. The van der Waals surface area contributed by atoms with Gasteiger partial charge >= 0.3 is 0 Å². The minimum atomic E-state index is 0.235. The number of phenolic OH excluding ortho intramolecular Hbond substituents is 2. The topological polar surface area (TPSA) is 40.5 Å². The van der Waals surface area contributed by atoms with E-state index in [9.17, 15) is 10.2 Å². The van der Waals surface area contributed by atoms with E-state index in [0.717, 1.165) is 22.3 Å². The second kappa shape index (κ2) is 9.49. The molecule has 0 bridgehead atoms. The Morgan fingerprint density at radius 3 is 1.28 bits per heavy atom. The van der Waals surface area contributed by atoms with Gasteiger partial charge in [-0.2, -0.15) is 0 Å². The van der Waals surface area contributed by atoms with Crippen molar-refractivity contribution in [3.05, 3.63) is 56.6 Å². The fourth-order valence-corrected chi connectivity index (χ4v) is 6.43. The molecule has 0 atom stereocenters. The van der Waals surface area contributed by atoms with Crippen LogP contribution < -0.4 is 0 Å². The maximum absolute atomic E-state index is 11.0. The fourth-order valence-electron chi connectivity index (χ4n) is 6.43. The predicted octanol–water partition coefficient (Wildman–Crippen LogP) is 8.58. The molecule has 2 fully saturated rings. The molecule has 0 radical (unpaired) electrons.